The van der Waals surface area contributed by atoms with Gasteiger partial charge in [0.1, 0.15) is 6.04 Å². The number of amides is 1. The number of carbonyl (C=O) groups is 1. The maximum atomic E-state index is 12.5. The number of hydrogen-bond donors (Lipinski definition) is 1. The summed E-state index contributed by atoms with van der Waals surface area (Å²) in [4.78, 5) is 14.3. The Morgan fingerprint density at radius 2 is 1.89 bits per heavy atom. The quantitative estimate of drug-likeness (QED) is 0.846. The summed E-state index contributed by atoms with van der Waals surface area (Å²) in [5.41, 5.74) is 7.82. The molecule has 2 N–H and O–H groups in total. The fraction of sp³-hybridized carbons (Fsp3) is 0.438. The van der Waals surface area contributed by atoms with E-state index in [1.807, 2.05) is 52.0 Å². The highest BCUT2D eigenvalue weighted by atomic mass is 16.2. The lowest BCUT2D eigenvalue weighted by Gasteiger charge is -2.36. The van der Waals surface area contributed by atoms with E-state index < -0.39 is 6.04 Å². The van der Waals surface area contributed by atoms with Crippen LogP contribution in [0.3, 0.4) is 0 Å². The van der Waals surface area contributed by atoms with Gasteiger partial charge in [0, 0.05) is 12.1 Å². The van der Waals surface area contributed by atoms with Crippen molar-refractivity contribution in [2.45, 2.75) is 39.3 Å². The molecule has 1 rings (SSSR count). The third kappa shape index (κ3) is 3.93. The van der Waals surface area contributed by atoms with Gasteiger partial charge in [-0.3, -0.25) is 4.79 Å². The molecule has 1 aromatic rings. The van der Waals surface area contributed by atoms with Crippen molar-refractivity contribution in [3.8, 4) is 0 Å². The second-order valence-corrected chi connectivity index (χ2v) is 5.80. The zero-order chi connectivity index (χ0) is 14.6. The molecular formula is C16H24N2O. The average molecular weight is 260 g/mol. The van der Waals surface area contributed by atoms with Gasteiger partial charge >= 0.3 is 0 Å². The van der Waals surface area contributed by atoms with Crippen molar-refractivity contribution in [3.63, 3.8) is 0 Å². The highest BCUT2D eigenvalue weighted by Crippen LogP contribution is 2.20. The largest absolute Gasteiger partial charge is 0.333 e. The van der Waals surface area contributed by atoms with Crippen molar-refractivity contribution >= 4 is 5.91 Å². The van der Waals surface area contributed by atoms with Gasteiger partial charge in [0.2, 0.25) is 5.91 Å². The molecule has 0 spiro atoms. The molecule has 1 aromatic carbocycles. The molecule has 3 heteroatoms. The van der Waals surface area contributed by atoms with E-state index in [2.05, 4.69) is 6.58 Å². The molecule has 1 amide bonds. The van der Waals surface area contributed by atoms with Crippen LogP contribution in [0, 0.1) is 6.92 Å². The summed E-state index contributed by atoms with van der Waals surface area (Å²) < 4.78 is 0. The van der Waals surface area contributed by atoms with E-state index in [-0.39, 0.29) is 11.4 Å². The van der Waals surface area contributed by atoms with Gasteiger partial charge in [0.05, 0.1) is 0 Å². The lowest BCUT2D eigenvalue weighted by atomic mass is 10.0. The Labute approximate surface area is 116 Å². The van der Waals surface area contributed by atoms with Crippen molar-refractivity contribution in [2.24, 2.45) is 5.73 Å². The van der Waals surface area contributed by atoms with E-state index in [0.29, 0.717) is 6.54 Å². The average Bonchev–Trinajstić information content (AvgIpc) is 2.34. The maximum absolute atomic E-state index is 12.5. The smallest absolute Gasteiger partial charge is 0.244 e. The first-order valence-corrected chi connectivity index (χ1v) is 6.52. The molecule has 1 unspecified atom stereocenters. The van der Waals surface area contributed by atoms with Gasteiger partial charge in [-0.05, 0) is 33.3 Å². The number of hydrogen-bond acceptors (Lipinski definition) is 2. The highest BCUT2D eigenvalue weighted by molar-refractivity contribution is 5.83. The molecule has 1 atom stereocenters. The fourth-order valence-corrected chi connectivity index (χ4v) is 1.91. The van der Waals surface area contributed by atoms with Crippen molar-refractivity contribution in [1.29, 1.82) is 0 Å². The Hall–Kier alpha value is -1.61. The Bertz CT molecular complexity index is 443. The fourth-order valence-electron chi connectivity index (χ4n) is 1.91. The van der Waals surface area contributed by atoms with Crippen LogP contribution in [0.4, 0.5) is 0 Å². The van der Waals surface area contributed by atoms with Crippen LogP contribution < -0.4 is 5.73 Å². The van der Waals surface area contributed by atoms with Crippen molar-refractivity contribution in [3.05, 3.63) is 48.0 Å². The predicted octanol–water partition coefficient (Wildman–Crippen LogP) is 2.81. The first-order valence-electron chi connectivity index (χ1n) is 6.52. The van der Waals surface area contributed by atoms with Crippen LogP contribution in [0.1, 0.15) is 37.9 Å². The molecule has 0 aliphatic carbocycles. The van der Waals surface area contributed by atoms with Gasteiger partial charge in [-0.1, -0.05) is 35.9 Å². The van der Waals surface area contributed by atoms with Crippen LogP contribution >= 0.6 is 0 Å². The van der Waals surface area contributed by atoms with E-state index in [1.165, 1.54) is 0 Å². The monoisotopic (exact) mass is 260 g/mol. The van der Waals surface area contributed by atoms with Gasteiger partial charge in [-0.2, -0.15) is 0 Å². The number of benzene rings is 1. The first kappa shape index (κ1) is 15.4. The second kappa shape index (κ2) is 6.02. The van der Waals surface area contributed by atoms with Crippen LogP contribution in [-0.4, -0.2) is 22.9 Å². The molecular weight excluding hydrogens is 236 g/mol. The molecule has 0 saturated carbocycles. The van der Waals surface area contributed by atoms with Crippen LogP contribution in [0.15, 0.2) is 36.9 Å². The molecule has 104 valence electrons. The summed E-state index contributed by atoms with van der Waals surface area (Å²) in [5, 5.41) is 0. The minimum Gasteiger partial charge on any atom is -0.333 e. The minimum absolute atomic E-state index is 0.0729. The molecule has 0 aromatic heterocycles. The standard InChI is InChI=1S/C16H24N2O/c1-6-11-18(16(3,4)5)15(19)14(17)13-9-7-12(2)8-10-13/h6-10,14H,1,11,17H2,2-5H3. The van der Waals surface area contributed by atoms with Crippen molar-refractivity contribution in [1.82, 2.24) is 4.90 Å². The second-order valence-electron chi connectivity index (χ2n) is 5.80. The topological polar surface area (TPSA) is 46.3 Å². The number of nitrogens with zero attached hydrogens (tertiary/aromatic N) is 1. The van der Waals surface area contributed by atoms with Gasteiger partial charge in [-0.25, -0.2) is 0 Å². The van der Waals surface area contributed by atoms with Crippen molar-refractivity contribution < 1.29 is 4.79 Å². The molecule has 0 aliphatic heterocycles. The molecule has 0 radical (unpaired) electrons. The van der Waals surface area contributed by atoms with Crippen LogP contribution in [-0.2, 0) is 4.79 Å². The Morgan fingerprint density at radius 1 is 1.37 bits per heavy atom. The summed E-state index contributed by atoms with van der Waals surface area (Å²) in [7, 11) is 0. The van der Waals surface area contributed by atoms with Crippen LogP contribution in [0.2, 0.25) is 0 Å². The lowest BCUT2D eigenvalue weighted by Crippen LogP contribution is -2.49. The summed E-state index contributed by atoms with van der Waals surface area (Å²) in [6.07, 6.45) is 1.73. The third-order valence-electron chi connectivity index (χ3n) is 3.09. The minimum atomic E-state index is -0.625. The summed E-state index contributed by atoms with van der Waals surface area (Å²) in [6.45, 7) is 12.2. The van der Waals surface area contributed by atoms with E-state index in [0.717, 1.165) is 11.1 Å². The Morgan fingerprint density at radius 3 is 2.32 bits per heavy atom. The number of carbonyl (C=O) groups excluding carboxylic acids is 1. The normalized spacial score (nSPS) is 12.9. The van der Waals surface area contributed by atoms with Gasteiger partial charge < -0.3 is 10.6 Å². The van der Waals surface area contributed by atoms with Gasteiger partial charge in [0.25, 0.3) is 0 Å². The zero-order valence-corrected chi connectivity index (χ0v) is 12.3. The van der Waals surface area contributed by atoms with E-state index in [1.54, 1.807) is 11.0 Å². The third-order valence-corrected chi connectivity index (χ3v) is 3.09. The molecule has 0 bridgehead atoms. The SMILES string of the molecule is C=CCN(C(=O)C(N)c1ccc(C)cc1)C(C)(C)C. The number of aryl methyl sites for hydroxylation is 1. The van der Waals surface area contributed by atoms with E-state index >= 15 is 0 Å². The molecule has 19 heavy (non-hydrogen) atoms. The first-order chi connectivity index (χ1) is 8.77. The molecule has 0 heterocycles. The van der Waals surface area contributed by atoms with Crippen LogP contribution in [0.25, 0.3) is 0 Å². The van der Waals surface area contributed by atoms with Gasteiger partial charge in [-0.15, -0.1) is 6.58 Å². The van der Waals surface area contributed by atoms with Gasteiger partial charge in [0.15, 0.2) is 0 Å². The Kier molecular flexibility index (Phi) is 4.90. The summed E-state index contributed by atoms with van der Waals surface area (Å²) in [6, 6.07) is 7.13. The predicted molar refractivity (Wildman–Crippen MR) is 79.8 cm³/mol. The lowest BCUT2D eigenvalue weighted by molar-refractivity contribution is -0.136. The van der Waals surface area contributed by atoms with Crippen LogP contribution in [0.5, 0.6) is 0 Å². The summed E-state index contributed by atoms with van der Waals surface area (Å²) in [5.74, 6) is -0.0729. The molecule has 0 saturated heterocycles. The molecule has 0 fully saturated rings. The van der Waals surface area contributed by atoms with Crippen molar-refractivity contribution in [2.75, 3.05) is 6.54 Å². The highest BCUT2D eigenvalue weighted by Gasteiger charge is 2.29. The molecule has 3 nitrogen and oxygen atoms in total. The number of rotatable bonds is 4. The maximum Gasteiger partial charge on any atom is 0.244 e. The summed E-state index contributed by atoms with van der Waals surface area (Å²) >= 11 is 0. The van der Waals surface area contributed by atoms with E-state index in [4.69, 9.17) is 5.73 Å². The zero-order valence-electron chi connectivity index (χ0n) is 12.3. The van der Waals surface area contributed by atoms with E-state index in [9.17, 15) is 4.79 Å². The Balaban J connectivity index is 2.96. The number of nitrogens with two attached hydrogens (primary N) is 1. The molecule has 0 aliphatic rings.